The summed E-state index contributed by atoms with van der Waals surface area (Å²) in [6, 6.07) is 90.6. The first kappa shape index (κ1) is 40.2. The van der Waals surface area contributed by atoms with Crippen LogP contribution in [-0.4, -0.2) is 18.3 Å². The highest BCUT2D eigenvalue weighted by atomic mass is 16.1. The van der Waals surface area contributed by atoms with Gasteiger partial charge < -0.3 is 13.7 Å². The third-order valence-corrected chi connectivity index (χ3v) is 15.0. The number of fused-ring (bicyclic) bond motifs is 12. The van der Waals surface area contributed by atoms with Crippen molar-refractivity contribution in [2.24, 2.45) is 0 Å². The summed E-state index contributed by atoms with van der Waals surface area (Å²) in [6.07, 6.45) is 0. The highest BCUT2D eigenvalue weighted by Crippen LogP contribution is 2.40. The molecule has 0 radical (unpaired) electrons. The largest absolute Gasteiger partial charge is 0.309 e. The third kappa shape index (κ3) is 5.98. The lowest BCUT2D eigenvalue weighted by molar-refractivity contribution is 1.06. The average Bonchev–Trinajstić information content (AvgIpc) is 4.09. The molecule has 15 aromatic rings. The molecular formula is C67H42N4O. The molecule has 336 valence electrons. The van der Waals surface area contributed by atoms with E-state index in [0.717, 1.165) is 94.1 Å². The van der Waals surface area contributed by atoms with E-state index in [-0.39, 0.29) is 5.56 Å². The maximum absolute atomic E-state index is 15.4. The Morgan fingerprint density at radius 2 is 0.500 bits per heavy atom. The second kappa shape index (κ2) is 15.7. The predicted molar refractivity (Wildman–Crippen MR) is 301 cm³/mol. The molecule has 4 heterocycles. The van der Waals surface area contributed by atoms with Gasteiger partial charge in [-0.05, 0) is 149 Å². The van der Waals surface area contributed by atoms with Crippen LogP contribution in [-0.2, 0) is 0 Å². The molecule has 0 saturated carbocycles. The number of rotatable bonds is 6. The molecule has 4 aromatic heterocycles. The van der Waals surface area contributed by atoms with Crippen molar-refractivity contribution in [1.82, 2.24) is 18.3 Å². The van der Waals surface area contributed by atoms with Crippen molar-refractivity contribution in [1.29, 1.82) is 0 Å². The van der Waals surface area contributed by atoms with Crippen LogP contribution in [0.15, 0.2) is 260 Å². The van der Waals surface area contributed by atoms with Gasteiger partial charge in [0.2, 0.25) is 0 Å². The summed E-state index contributed by atoms with van der Waals surface area (Å²) in [6.45, 7) is 0. The highest BCUT2D eigenvalue weighted by Gasteiger charge is 2.20. The Bertz CT molecular complexity index is 4750. The molecular weight excluding hydrogens is 877 g/mol. The SMILES string of the molecule is O=c1c2ccc(-c3ccc4c(c3)c3ccccc3n4-c3ccccc3)cc2c2cc(-c3ccc4c(c3)c3ccccc3n4-c3ccccc3)ccc2n1-c1ccc2c(c1)c1ccccc1n2-c1ccccc1. The van der Waals surface area contributed by atoms with Crippen LogP contribution in [0.3, 0.4) is 0 Å². The average molecular weight is 919 g/mol. The molecule has 0 aliphatic carbocycles. The number of nitrogens with zero attached hydrogens (tertiary/aromatic N) is 4. The normalized spacial score (nSPS) is 11.9. The molecule has 5 heteroatoms. The zero-order valence-electron chi connectivity index (χ0n) is 38.9. The van der Waals surface area contributed by atoms with E-state index in [2.05, 4.69) is 256 Å². The Hall–Kier alpha value is -9.71. The fraction of sp³-hybridized carbons (Fsp3) is 0. The molecule has 0 spiro atoms. The van der Waals surface area contributed by atoms with Crippen molar-refractivity contribution in [3.05, 3.63) is 265 Å². The van der Waals surface area contributed by atoms with Crippen LogP contribution in [0.1, 0.15) is 0 Å². The molecule has 0 saturated heterocycles. The molecule has 0 unspecified atom stereocenters. The van der Waals surface area contributed by atoms with Gasteiger partial charge in [-0.1, -0.05) is 133 Å². The first-order chi connectivity index (χ1) is 35.6. The van der Waals surface area contributed by atoms with E-state index in [0.29, 0.717) is 5.39 Å². The van der Waals surface area contributed by atoms with Gasteiger partial charge >= 0.3 is 0 Å². The highest BCUT2D eigenvalue weighted by molar-refractivity contribution is 6.14. The van der Waals surface area contributed by atoms with E-state index in [1.54, 1.807) is 0 Å². The van der Waals surface area contributed by atoms with Gasteiger partial charge in [0.15, 0.2) is 0 Å². The van der Waals surface area contributed by atoms with E-state index in [4.69, 9.17) is 0 Å². The lowest BCUT2D eigenvalue weighted by Gasteiger charge is -2.16. The monoisotopic (exact) mass is 918 g/mol. The van der Waals surface area contributed by atoms with Crippen LogP contribution in [0.5, 0.6) is 0 Å². The van der Waals surface area contributed by atoms with Gasteiger partial charge in [0.1, 0.15) is 0 Å². The van der Waals surface area contributed by atoms with Gasteiger partial charge in [-0.15, -0.1) is 0 Å². The number of benzene rings is 11. The van der Waals surface area contributed by atoms with E-state index in [1.807, 2.05) is 16.7 Å². The number of hydrogen-bond acceptors (Lipinski definition) is 1. The summed E-state index contributed by atoms with van der Waals surface area (Å²) in [5.41, 5.74) is 16.1. The zero-order valence-corrected chi connectivity index (χ0v) is 38.9. The Balaban J connectivity index is 0.962. The molecule has 0 aliphatic rings. The second-order valence-corrected chi connectivity index (χ2v) is 18.9. The number of hydrogen-bond donors (Lipinski definition) is 0. The first-order valence-corrected chi connectivity index (χ1v) is 24.5. The fourth-order valence-corrected chi connectivity index (χ4v) is 11.7. The third-order valence-electron chi connectivity index (χ3n) is 15.0. The van der Waals surface area contributed by atoms with E-state index < -0.39 is 0 Å². The van der Waals surface area contributed by atoms with E-state index in [1.165, 1.54) is 32.6 Å². The summed E-state index contributed by atoms with van der Waals surface area (Å²) in [7, 11) is 0. The minimum atomic E-state index is -0.0560. The summed E-state index contributed by atoms with van der Waals surface area (Å²) >= 11 is 0. The Labute approximate surface area is 413 Å². The molecule has 0 atom stereocenters. The Morgan fingerprint density at radius 1 is 0.194 bits per heavy atom. The number of para-hydroxylation sites is 6. The van der Waals surface area contributed by atoms with Crippen LogP contribution < -0.4 is 5.56 Å². The molecule has 0 amide bonds. The molecule has 15 rings (SSSR count). The molecule has 0 N–H and O–H groups in total. The van der Waals surface area contributed by atoms with Crippen molar-refractivity contribution in [2.45, 2.75) is 0 Å². The fourth-order valence-electron chi connectivity index (χ4n) is 11.7. The molecule has 5 nitrogen and oxygen atoms in total. The molecule has 11 aromatic carbocycles. The van der Waals surface area contributed by atoms with Gasteiger partial charge in [-0.3, -0.25) is 9.36 Å². The smallest absolute Gasteiger partial charge is 0.263 e. The van der Waals surface area contributed by atoms with Crippen LogP contribution in [0.25, 0.3) is 132 Å². The minimum Gasteiger partial charge on any atom is -0.309 e. The van der Waals surface area contributed by atoms with Crippen molar-refractivity contribution in [2.75, 3.05) is 0 Å². The van der Waals surface area contributed by atoms with Crippen LogP contribution in [0.2, 0.25) is 0 Å². The van der Waals surface area contributed by atoms with E-state index >= 15 is 4.79 Å². The van der Waals surface area contributed by atoms with Crippen LogP contribution in [0.4, 0.5) is 0 Å². The summed E-state index contributed by atoms with van der Waals surface area (Å²) < 4.78 is 8.94. The quantitative estimate of drug-likeness (QED) is 0.153. The summed E-state index contributed by atoms with van der Waals surface area (Å²) in [5, 5.41) is 9.59. The lowest BCUT2D eigenvalue weighted by atomic mass is 9.95. The maximum atomic E-state index is 15.4. The van der Waals surface area contributed by atoms with Crippen molar-refractivity contribution in [3.8, 4) is 45.0 Å². The van der Waals surface area contributed by atoms with Crippen LogP contribution in [0, 0.1) is 0 Å². The summed E-state index contributed by atoms with van der Waals surface area (Å²) in [4.78, 5) is 15.4. The first-order valence-electron chi connectivity index (χ1n) is 24.5. The molecule has 0 aliphatic heterocycles. The zero-order chi connectivity index (χ0) is 47.4. The molecule has 0 bridgehead atoms. The van der Waals surface area contributed by atoms with Crippen molar-refractivity contribution in [3.63, 3.8) is 0 Å². The van der Waals surface area contributed by atoms with Gasteiger partial charge in [0.25, 0.3) is 5.56 Å². The molecule has 72 heavy (non-hydrogen) atoms. The van der Waals surface area contributed by atoms with E-state index in [9.17, 15) is 0 Å². The minimum absolute atomic E-state index is 0.0560. The Morgan fingerprint density at radius 3 is 0.931 bits per heavy atom. The molecule has 0 fully saturated rings. The number of aromatic nitrogens is 4. The Kier molecular flexibility index (Phi) is 8.74. The van der Waals surface area contributed by atoms with Crippen molar-refractivity contribution >= 4 is 87.1 Å². The second-order valence-electron chi connectivity index (χ2n) is 18.9. The lowest BCUT2D eigenvalue weighted by Crippen LogP contribution is -2.19. The van der Waals surface area contributed by atoms with Gasteiger partial charge in [-0.2, -0.15) is 0 Å². The van der Waals surface area contributed by atoms with Gasteiger partial charge in [-0.25, -0.2) is 0 Å². The number of pyridine rings is 1. The topological polar surface area (TPSA) is 36.8 Å². The predicted octanol–water partition coefficient (Wildman–Crippen LogP) is 16.8. The van der Waals surface area contributed by atoms with Crippen LogP contribution >= 0.6 is 0 Å². The standard InChI is InChI=1S/C67H42N4O/c72-67-54-33-28-43(44-29-34-63-56(39-44)51-22-10-13-25-60(51)68(63)47-16-4-1-5-17-47)38-55(54)58-41-46(45-30-35-64-57(40-45)52-23-11-14-26-61(52)69(64)48-18-6-2-7-19-48)31-36-66(58)71(67)50-32-37-65-59(42-50)53-24-12-15-27-62(53)70(65)49-20-8-3-9-21-49/h1-42H. The van der Waals surface area contributed by atoms with Gasteiger partial charge in [0, 0.05) is 60.2 Å². The summed E-state index contributed by atoms with van der Waals surface area (Å²) in [5.74, 6) is 0. The van der Waals surface area contributed by atoms with Gasteiger partial charge in [0.05, 0.1) is 44.3 Å². The maximum Gasteiger partial charge on any atom is 0.263 e. The van der Waals surface area contributed by atoms with Crippen molar-refractivity contribution < 1.29 is 0 Å².